The summed E-state index contributed by atoms with van der Waals surface area (Å²) in [5.41, 5.74) is 6.81. The molecule has 32 heavy (non-hydrogen) atoms. The number of methoxy groups -OCH3 is 1. The zero-order chi connectivity index (χ0) is 22.3. The molecule has 2 N–H and O–H groups in total. The van der Waals surface area contributed by atoms with Crippen LogP contribution in [0.4, 0.5) is 0 Å². The second-order valence-corrected chi connectivity index (χ2v) is 8.14. The molecular formula is C24H30N4O4. The molecule has 1 amide bonds. The number of hydrazone groups is 1. The summed E-state index contributed by atoms with van der Waals surface area (Å²) in [5.74, 6) is 0.363. The minimum atomic E-state index is -0.166. The van der Waals surface area contributed by atoms with Crippen LogP contribution < -0.4 is 10.2 Å². The van der Waals surface area contributed by atoms with Gasteiger partial charge < -0.3 is 14.6 Å². The molecule has 170 valence electrons. The van der Waals surface area contributed by atoms with Crippen LogP contribution in [0.1, 0.15) is 22.3 Å². The molecule has 2 aliphatic rings. The molecule has 8 nitrogen and oxygen atoms in total. The van der Waals surface area contributed by atoms with E-state index < -0.39 is 0 Å². The average molecular weight is 439 g/mol. The number of rotatable bonds is 7. The van der Waals surface area contributed by atoms with Crippen molar-refractivity contribution in [1.82, 2.24) is 15.2 Å². The van der Waals surface area contributed by atoms with E-state index in [-0.39, 0.29) is 11.7 Å². The van der Waals surface area contributed by atoms with E-state index in [1.54, 1.807) is 12.3 Å². The summed E-state index contributed by atoms with van der Waals surface area (Å²) in [4.78, 5) is 16.5. The summed E-state index contributed by atoms with van der Waals surface area (Å²) < 4.78 is 10.7. The number of hydrogen-bond acceptors (Lipinski definition) is 7. The minimum Gasteiger partial charge on any atom is -0.504 e. The molecule has 0 unspecified atom stereocenters. The Hall–Kier alpha value is -2.94. The highest BCUT2D eigenvalue weighted by Crippen LogP contribution is 2.33. The third kappa shape index (κ3) is 5.64. The van der Waals surface area contributed by atoms with E-state index in [2.05, 4.69) is 39.7 Å². The second-order valence-electron chi connectivity index (χ2n) is 8.14. The molecule has 2 aromatic carbocycles. The Morgan fingerprint density at radius 2 is 1.97 bits per heavy atom. The smallest absolute Gasteiger partial charge is 0.254 e. The van der Waals surface area contributed by atoms with Gasteiger partial charge in [-0.1, -0.05) is 24.3 Å². The van der Waals surface area contributed by atoms with Crippen LogP contribution in [0.3, 0.4) is 0 Å². The van der Waals surface area contributed by atoms with Crippen molar-refractivity contribution in [3.8, 4) is 11.5 Å². The van der Waals surface area contributed by atoms with Crippen LogP contribution >= 0.6 is 0 Å². The predicted molar refractivity (Wildman–Crippen MR) is 122 cm³/mol. The lowest BCUT2D eigenvalue weighted by Gasteiger charge is -2.29. The van der Waals surface area contributed by atoms with Crippen molar-refractivity contribution in [2.24, 2.45) is 5.10 Å². The highest BCUT2D eigenvalue weighted by Gasteiger charge is 2.19. The van der Waals surface area contributed by atoms with Crippen molar-refractivity contribution in [2.45, 2.75) is 19.5 Å². The molecule has 0 spiro atoms. The van der Waals surface area contributed by atoms with Crippen LogP contribution in [0.5, 0.6) is 11.5 Å². The zero-order valence-corrected chi connectivity index (χ0v) is 18.4. The summed E-state index contributed by atoms with van der Waals surface area (Å²) in [6.45, 7) is 5.45. The first kappa shape index (κ1) is 22.3. The summed E-state index contributed by atoms with van der Waals surface area (Å²) in [6.07, 6.45) is 2.57. The molecule has 8 heteroatoms. The molecule has 0 aromatic heterocycles. The highest BCUT2D eigenvalue weighted by atomic mass is 16.5. The first-order chi connectivity index (χ1) is 15.6. The van der Waals surface area contributed by atoms with Crippen molar-refractivity contribution in [3.63, 3.8) is 0 Å². The Morgan fingerprint density at radius 3 is 2.75 bits per heavy atom. The lowest BCUT2D eigenvalue weighted by Crippen LogP contribution is -2.42. The topological polar surface area (TPSA) is 86.6 Å². The Kier molecular flexibility index (Phi) is 7.36. The van der Waals surface area contributed by atoms with E-state index in [1.165, 1.54) is 18.2 Å². The lowest BCUT2D eigenvalue weighted by atomic mass is 9.99. The standard InChI is InChI=1S/C24H30N4O4/c1-31-22-13-18(14-25-26-23(29)17-27-8-10-32-11-9-27)12-21(24(22)30)16-28-7-6-19-4-2-3-5-20(19)15-28/h2-5,12-14,30H,6-11,15-17H2,1H3,(H,26,29). The number of carbonyl (C=O) groups is 1. The number of phenols is 1. The van der Waals surface area contributed by atoms with Gasteiger partial charge >= 0.3 is 0 Å². The fourth-order valence-electron chi connectivity index (χ4n) is 4.15. The SMILES string of the molecule is COc1cc(C=NNC(=O)CN2CCOCC2)cc(CN2CCc3ccccc3C2)c1O. The minimum absolute atomic E-state index is 0.139. The van der Waals surface area contributed by atoms with Gasteiger partial charge in [0, 0.05) is 38.3 Å². The number of nitrogens with zero attached hydrogens (tertiary/aromatic N) is 3. The molecule has 1 saturated heterocycles. The van der Waals surface area contributed by atoms with E-state index in [4.69, 9.17) is 9.47 Å². The lowest BCUT2D eigenvalue weighted by molar-refractivity contribution is -0.123. The van der Waals surface area contributed by atoms with Gasteiger partial charge in [-0.3, -0.25) is 14.6 Å². The first-order valence-corrected chi connectivity index (χ1v) is 10.9. The highest BCUT2D eigenvalue weighted by molar-refractivity contribution is 5.84. The third-order valence-corrected chi connectivity index (χ3v) is 5.87. The number of benzene rings is 2. The van der Waals surface area contributed by atoms with Crippen molar-refractivity contribution in [1.29, 1.82) is 0 Å². The molecule has 4 rings (SSSR count). The molecule has 1 fully saturated rings. The number of hydrogen-bond donors (Lipinski definition) is 2. The number of nitrogens with one attached hydrogen (secondary N) is 1. The van der Waals surface area contributed by atoms with E-state index in [9.17, 15) is 9.90 Å². The van der Waals surface area contributed by atoms with Gasteiger partial charge in [-0.05, 0) is 35.2 Å². The third-order valence-electron chi connectivity index (χ3n) is 5.87. The van der Waals surface area contributed by atoms with Gasteiger partial charge in [-0.2, -0.15) is 5.10 Å². The number of ether oxygens (including phenoxy) is 2. The summed E-state index contributed by atoms with van der Waals surface area (Å²) in [7, 11) is 1.53. The van der Waals surface area contributed by atoms with Gasteiger partial charge in [-0.25, -0.2) is 5.43 Å². The molecule has 0 aliphatic carbocycles. The van der Waals surface area contributed by atoms with Gasteiger partial charge in [-0.15, -0.1) is 0 Å². The molecule has 0 radical (unpaired) electrons. The Labute approximate surface area is 188 Å². The van der Waals surface area contributed by atoms with Crippen LogP contribution in [-0.2, 0) is 29.0 Å². The molecule has 0 bridgehead atoms. The molecule has 0 atom stereocenters. The summed E-state index contributed by atoms with van der Waals surface area (Å²) in [5, 5.41) is 14.7. The first-order valence-electron chi connectivity index (χ1n) is 10.9. The van der Waals surface area contributed by atoms with Gasteiger partial charge in [0.05, 0.1) is 33.1 Å². The van der Waals surface area contributed by atoms with Gasteiger partial charge in [0.1, 0.15) is 0 Å². The Morgan fingerprint density at radius 1 is 1.19 bits per heavy atom. The van der Waals surface area contributed by atoms with Crippen LogP contribution in [0.2, 0.25) is 0 Å². The number of morpholine rings is 1. The maximum absolute atomic E-state index is 12.1. The maximum atomic E-state index is 12.1. The number of phenolic OH excluding ortho intramolecular Hbond substituents is 1. The largest absolute Gasteiger partial charge is 0.504 e. The van der Waals surface area contributed by atoms with Gasteiger partial charge in [0.2, 0.25) is 0 Å². The van der Waals surface area contributed by atoms with Gasteiger partial charge in [0.15, 0.2) is 11.5 Å². The number of aromatic hydroxyl groups is 1. The van der Waals surface area contributed by atoms with Crippen molar-refractivity contribution in [2.75, 3.05) is 46.5 Å². The summed E-state index contributed by atoms with van der Waals surface area (Å²) in [6, 6.07) is 12.1. The fraction of sp³-hybridized carbons (Fsp3) is 0.417. The van der Waals surface area contributed by atoms with Gasteiger partial charge in [0.25, 0.3) is 5.91 Å². The molecule has 2 heterocycles. The van der Waals surface area contributed by atoms with Crippen LogP contribution in [-0.4, -0.2) is 73.5 Å². The molecular weight excluding hydrogens is 408 g/mol. The quantitative estimate of drug-likeness (QED) is 0.506. The predicted octanol–water partition coefficient (Wildman–Crippen LogP) is 1.74. The molecule has 2 aromatic rings. The van der Waals surface area contributed by atoms with Crippen LogP contribution in [0.25, 0.3) is 0 Å². The number of fused-ring (bicyclic) bond motifs is 1. The van der Waals surface area contributed by atoms with E-state index in [0.717, 1.165) is 43.7 Å². The van der Waals surface area contributed by atoms with Crippen molar-refractivity contribution < 1.29 is 19.4 Å². The number of carbonyl (C=O) groups excluding carboxylic acids is 1. The normalized spacial score (nSPS) is 17.3. The maximum Gasteiger partial charge on any atom is 0.254 e. The second kappa shape index (κ2) is 10.6. The molecule has 2 aliphatic heterocycles. The fourth-order valence-corrected chi connectivity index (χ4v) is 4.15. The summed E-state index contributed by atoms with van der Waals surface area (Å²) >= 11 is 0. The zero-order valence-electron chi connectivity index (χ0n) is 18.4. The van der Waals surface area contributed by atoms with Crippen molar-refractivity contribution in [3.05, 3.63) is 58.7 Å². The van der Waals surface area contributed by atoms with E-state index in [1.807, 2.05) is 11.0 Å². The monoisotopic (exact) mass is 438 g/mol. The number of amides is 1. The Bertz CT molecular complexity index is 972. The van der Waals surface area contributed by atoms with Crippen LogP contribution in [0.15, 0.2) is 41.5 Å². The Balaban J connectivity index is 1.40. The average Bonchev–Trinajstić information content (AvgIpc) is 2.81. The van der Waals surface area contributed by atoms with Crippen molar-refractivity contribution >= 4 is 12.1 Å². The van der Waals surface area contributed by atoms with E-state index >= 15 is 0 Å². The molecule has 0 saturated carbocycles. The van der Waals surface area contributed by atoms with Crippen LogP contribution in [0, 0.1) is 0 Å². The van der Waals surface area contributed by atoms with E-state index in [0.29, 0.717) is 32.1 Å².